The molecule has 1 aromatic heterocycles. The second-order valence-electron chi connectivity index (χ2n) is 6.34. The highest BCUT2D eigenvalue weighted by atomic mass is 32.2. The van der Waals surface area contributed by atoms with Crippen molar-refractivity contribution in [3.8, 4) is 5.75 Å². The Morgan fingerprint density at radius 1 is 1.19 bits per heavy atom. The van der Waals surface area contributed by atoms with Gasteiger partial charge in [-0.25, -0.2) is 8.93 Å². The molecule has 1 unspecified atom stereocenters. The Bertz CT molecular complexity index is 909. The maximum Gasteiger partial charge on any atom is 0.274 e. The monoisotopic (exact) mass is 375 g/mol. The van der Waals surface area contributed by atoms with Gasteiger partial charge in [-0.15, -0.1) is 0 Å². The zero-order chi connectivity index (χ0) is 18.8. The van der Waals surface area contributed by atoms with E-state index in [1.54, 1.807) is 33.7 Å². The van der Waals surface area contributed by atoms with Crippen LogP contribution in [-0.4, -0.2) is 37.3 Å². The van der Waals surface area contributed by atoms with E-state index < -0.39 is 22.2 Å². The van der Waals surface area contributed by atoms with Crippen molar-refractivity contribution in [1.29, 1.82) is 0 Å². The van der Waals surface area contributed by atoms with Crippen molar-refractivity contribution < 1.29 is 14.1 Å². The van der Waals surface area contributed by atoms with E-state index in [-0.39, 0.29) is 24.2 Å². The van der Waals surface area contributed by atoms with Crippen molar-refractivity contribution in [3.05, 3.63) is 58.0 Å². The topological polar surface area (TPSA) is 91.6 Å². The Morgan fingerprint density at radius 2 is 1.88 bits per heavy atom. The lowest BCUT2D eigenvalue weighted by atomic mass is 10.1. The fraction of sp³-hybridized carbons (Fsp3) is 0.333. The highest BCUT2D eigenvalue weighted by molar-refractivity contribution is 7.83. The van der Waals surface area contributed by atoms with Gasteiger partial charge in [-0.2, -0.15) is 0 Å². The van der Waals surface area contributed by atoms with Gasteiger partial charge in [0.15, 0.2) is 11.4 Å². The summed E-state index contributed by atoms with van der Waals surface area (Å²) in [5.74, 6) is -0.903. The first-order chi connectivity index (χ1) is 12.4. The second-order valence-corrected chi connectivity index (χ2v) is 7.64. The number of fused-ring (bicyclic) bond motifs is 1. The number of hydrogen-bond donors (Lipinski definition) is 2. The van der Waals surface area contributed by atoms with Crippen LogP contribution in [-0.2, 0) is 24.1 Å². The number of nitrogens with one attached hydrogen (secondary N) is 1. The molecule has 3 rings (SSSR count). The lowest BCUT2D eigenvalue weighted by Crippen LogP contribution is -2.46. The maximum absolute atomic E-state index is 12.7. The van der Waals surface area contributed by atoms with E-state index in [4.69, 9.17) is 0 Å². The predicted molar refractivity (Wildman–Crippen MR) is 98.2 cm³/mol. The molecule has 0 saturated heterocycles. The molecule has 1 amide bonds. The molecule has 0 fully saturated rings. The number of aromatic hydroxyl groups is 1. The quantitative estimate of drug-likeness (QED) is 0.822. The fourth-order valence-corrected chi connectivity index (χ4v) is 3.86. The largest absolute Gasteiger partial charge is 0.503 e. The molecule has 1 atom stereocenters. The molecule has 0 aliphatic carbocycles. The minimum absolute atomic E-state index is 0.000238. The molecule has 0 saturated carbocycles. The van der Waals surface area contributed by atoms with Gasteiger partial charge < -0.3 is 14.6 Å². The van der Waals surface area contributed by atoms with Gasteiger partial charge in [-0.3, -0.25) is 9.59 Å². The normalized spacial score (nSPS) is 15.2. The number of amides is 1. The van der Waals surface area contributed by atoms with E-state index in [2.05, 4.69) is 4.72 Å². The standard InChI is InChI=1S/C18H21N3O4S/c1-12(2)20-8-9-21-13(10-15(22)17(23)16(21)18(20)24)11-19-26(25)14-6-4-3-5-7-14/h3-7,10,12,19,23H,8-9,11H2,1-2H3. The second kappa shape index (κ2) is 7.43. The van der Waals surface area contributed by atoms with Gasteiger partial charge in [0.05, 0.1) is 4.90 Å². The summed E-state index contributed by atoms with van der Waals surface area (Å²) in [7, 11) is -1.44. The third kappa shape index (κ3) is 3.42. The molecular weight excluding hydrogens is 354 g/mol. The molecule has 138 valence electrons. The Labute approximate surface area is 153 Å². The molecule has 1 aliphatic heterocycles. The van der Waals surface area contributed by atoms with Gasteiger partial charge in [-0.05, 0) is 26.0 Å². The van der Waals surface area contributed by atoms with E-state index in [0.717, 1.165) is 0 Å². The van der Waals surface area contributed by atoms with Crippen molar-refractivity contribution in [3.63, 3.8) is 0 Å². The minimum Gasteiger partial charge on any atom is -0.503 e. The van der Waals surface area contributed by atoms with Crippen LogP contribution in [0.2, 0.25) is 0 Å². The number of pyridine rings is 1. The smallest absolute Gasteiger partial charge is 0.274 e. The molecule has 0 radical (unpaired) electrons. The summed E-state index contributed by atoms with van der Waals surface area (Å²) in [5.41, 5.74) is -0.0962. The van der Waals surface area contributed by atoms with Gasteiger partial charge in [0.2, 0.25) is 5.43 Å². The van der Waals surface area contributed by atoms with Crippen LogP contribution in [0.4, 0.5) is 0 Å². The van der Waals surface area contributed by atoms with Gasteiger partial charge >= 0.3 is 0 Å². The zero-order valence-corrected chi connectivity index (χ0v) is 15.5. The summed E-state index contributed by atoms with van der Waals surface area (Å²) in [4.78, 5) is 27.0. The van der Waals surface area contributed by atoms with E-state index in [1.807, 2.05) is 19.9 Å². The van der Waals surface area contributed by atoms with Crippen molar-refractivity contribution in [1.82, 2.24) is 14.2 Å². The molecule has 0 spiro atoms. The predicted octanol–water partition coefficient (Wildman–Crippen LogP) is 1.23. The number of carbonyl (C=O) groups is 1. The number of nitrogens with zero attached hydrogens (tertiary/aromatic N) is 2. The summed E-state index contributed by atoms with van der Waals surface area (Å²) < 4.78 is 16.8. The summed E-state index contributed by atoms with van der Waals surface area (Å²) in [5, 5.41) is 10.1. The van der Waals surface area contributed by atoms with Crippen LogP contribution in [0.3, 0.4) is 0 Å². The molecule has 8 heteroatoms. The molecule has 0 bridgehead atoms. The third-order valence-corrected chi connectivity index (χ3v) is 5.47. The Kier molecular flexibility index (Phi) is 5.24. The van der Waals surface area contributed by atoms with E-state index in [1.165, 1.54) is 6.07 Å². The number of aromatic nitrogens is 1. The lowest BCUT2D eigenvalue weighted by molar-refractivity contribution is 0.0639. The van der Waals surface area contributed by atoms with Crippen LogP contribution in [0, 0.1) is 0 Å². The minimum atomic E-state index is -1.44. The first kappa shape index (κ1) is 18.3. The Hall–Kier alpha value is -2.45. The molecule has 2 aromatic rings. The zero-order valence-electron chi connectivity index (χ0n) is 14.6. The van der Waals surface area contributed by atoms with Crippen LogP contribution >= 0.6 is 0 Å². The summed E-state index contributed by atoms with van der Waals surface area (Å²) in [6.45, 7) is 4.86. The molecule has 7 nitrogen and oxygen atoms in total. The number of carbonyl (C=O) groups excluding carboxylic acids is 1. The molecule has 26 heavy (non-hydrogen) atoms. The summed E-state index contributed by atoms with van der Waals surface area (Å²) in [6.07, 6.45) is 0. The van der Waals surface area contributed by atoms with E-state index in [9.17, 15) is 18.9 Å². The van der Waals surface area contributed by atoms with Gasteiger partial charge in [0.25, 0.3) is 5.91 Å². The molecule has 2 heterocycles. The van der Waals surface area contributed by atoms with E-state index in [0.29, 0.717) is 23.7 Å². The Balaban J connectivity index is 1.90. The first-order valence-corrected chi connectivity index (χ1v) is 9.52. The average molecular weight is 375 g/mol. The third-order valence-electron chi connectivity index (χ3n) is 4.36. The van der Waals surface area contributed by atoms with Gasteiger partial charge in [-0.1, -0.05) is 18.2 Å². The average Bonchev–Trinajstić information content (AvgIpc) is 2.63. The molecule has 1 aliphatic rings. The van der Waals surface area contributed by atoms with Crippen LogP contribution in [0.15, 0.2) is 46.1 Å². The Morgan fingerprint density at radius 3 is 2.54 bits per heavy atom. The van der Waals surface area contributed by atoms with Crippen molar-refractivity contribution in [2.24, 2.45) is 0 Å². The molecule has 2 N–H and O–H groups in total. The van der Waals surface area contributed by atoms with Crippen molar-refractivity contribution in [2.45, 2.75) is 37.9 Å². The highest BCUT2D eigenvalue weighted by Crippen LogP contribution is 2.22. The highest BCUT2D eigenvalue weighted by Gasteiger charge is 2.31. The molecular formula is C18H21N3O4S. The van der Waals surface area contributed by atoms with Crippen molar-refractivity contribution in [2.75, 3.05) is 6.54 Å². The number of rotatable bonds is 5. The van der Waals surface area contributed by atoms with Crippen LogP contribution in [0.1, 0.15) is 30.0 Å². The van der Waals surface area contributed by atoms with Crippen LogP contribution < -0.4 is 10.2 Å². The van der Waals surface area contributed by atoms with Crippen LogP contribution in [0.25, 0.3) is 0 Å². The van der Waals surface area contributed by atoms with E-state index >= 15 is 0 Å². The maximum atomic E-state index is 12.7. The number of benzene rings is 1. The fourth-order valence-electron chi connectivity index (χ4n) is 3.01. The number of hydrogen-bond acceptors (Lipinski definition) is 4. The lowest BCUT2D eigenvalue weighted by Gasteiger charge is -2.34. The molecule has 1 aromatic carbocycles. The SMILES string of the molecule is CC(C)N1CCn2c(CNS(=O)c3ccccc3)cc(=O)c(O)c2C1=O. The van der Waals surface area contributed by atoms with Gasteiger partial charge in [0, 0.05) is 37.4 Å². The summed E-state index contributed by atoms with van der Waals surface area (Å²) in [6, 6.07) is 10.2. The summed E-state index contributed by atoms with van der Waals surface area (Å²) >= 11 is 0. The van der Waals surface area contributed by atoms with Crippen LogP contribution in [0.5, 0.6) is 5.75 Å². The van der Waals surface area contributed by atoms with Gasteiger partial charge in [0.1, 0.15) is 11.0 Å². The van der Waals surface area contributed by atoms with Crippen molar-refractivity contribution >= 4 is 16.9 Å². The first-order valence-electron chi connectivity index (χ1n) is 8.37.